The van der Waals surface area contributed by atoms with Crippen molar-refractivity contribution in [3.05, 3.63) is 29.8 Å². The van der Waals surface area contributed by atoms with Crippen LogP contribution in [0.2, 0.25) is 0 Å². The number of amides is 1. The number of carbonyl (C=O) groups is 1. The molecule has 0 saturated heterocycles. The number of nitriles is 1. The van der Waals surface area contributed by atoms with Gasteiger partial charge >= 0.3 is 0 Å². The molecule has 25 heavy (non-hydrogen) atoms. The average Bonchev–Trinajstić information content (AvgIpc) is 2.60. The van der Waals surface area contributed by atoms with Gasteiger partial charge in [0.05, 0.1) is 24.7 Å². The zero-order chi connectivity index (χ0) is 18.3. The van der Waals surface area contributed by atoms with Crippen LogP contribution in [0.4, 0.5) is 0 Å². The summed E-state index contributed by atoms with van der Waals surface area (Å²) in [5.74, 6) is -0.0686. The zero-order valence-electron chi connectivity index (χ0n) is 14.4. The molecular formula is C18H24N2O4S. The van der Waals surface area contributed by atoms with Crippen LogP contribution in [0.3, 0.4) is 0 Å². The molecule has 1 N–H and O–H groups in total. The molecule has 0 spiro atoms. The van der Waals surface area contributed by atoms with Crippen molar-refractivity contribution >= 4 is 15.7 Å². The van der Waals surface area contributed by atoms with Crippen molar-refractivity contribution in [3.8, 4) is 11.8 Å². The van der Waals surface area contributed by atoms with Gasteiger partial charge in [-0.1, -0.05) is 25.0 Å². The Labute approximate surface area is 149 Å². The molecule has 1 aromatic carbocycles. The molecule has 2 rings (SSSR count). The number of hydrogen-bond donors (Lipinski definition) is 1. The minimum absolute atomic E-state index is 0.00364. The molecular weight excluding hydrogens is 340 g/mol. The van der Waals surface area contributed by atoms with Crippen LogP contribution in [0.5, 0.6) is 5.75 Å². The van der Waals surface area contributed by atoms with Gasteiger partial charge in [-0.3, -0.25) is 4.79 Å². The third-order valence-electron chi connectivity index (χ3n) is 4.60. The summed E-state index contributed by atoms with van der Waals surface area (Å²) in [7, 11) is -1.76. The fourth-order valence-electron chi connectivity index (χ4n) is 3.37. The third kappa shape index (κ3) is 5.75. The van der Waals surface area contributed by atoms with E-state index in [9.17, 15) is 13.2 Å². The van der Waals surface area contributed by atoms with Crippen LogP contribution in [0.1, 0.15) is 31.2 Å². The lowest BCUT2D eigenvalue weighted by molar-refractivity contribution is -0.127. The molecule has 1 saturated carbocycles. The van der Waals surface area contributed by atoms with Crippen molar-refractivity contribution in [1.29, 1.82) is 5.26 Å². The molecule has 0 bridgehead atoms. The molecule has 1 amide bonds. The Kier molecular flexibility index (Phi) is 6.82. The second kappa shape index (κ2) is 8.86. The first-order valence-electron chi connectivity index (χ1n) is 8.43. The first kappa shape index (κ1) is 19.3. The van der Waals surface area contributed by atoms with E-state index in [-0.39, 0.29) is 35.8 Å². The molecule has 0 unspecified atom stereocenters. The van der Waals surface area contributed by atoms with Crippen LogP contribution in [0.25, 0.3) is 0 Å². The molecule has 7 heteroatoms. The molecule has 0 radical (unpaired) electrons. The van der Waals surface area contributed by atoms with E-state index in [1.807, 2.05) is 6.07 Å². The van der Waals surface area contributed by atoms with Crippen molar-refractivity contribution < 1.29 is 17.9 Å². The lowest BCUT2D eigenvalue weighted by atomic mass is 9.80. The minimum Gasteiger partial charge on any atom is -0.497 e. The summed E-state index contributed by atoms with van der Waals surface area (Å²) >= 11 is 0. The van der Waals surface area contributed by atoms with Crippen LogP contribution < -0.4 is 10.1 Å². The summed E-state index contributed by atoms with van der Waals surface area (Å²) in [4.78, 5) is 12.2. The van der Waals surface area contributed by atoms with Gasteiger partial charge in [0.2, 0.25) is 5.91 Å². The van der Waals surface area contributed by atoms with Gasteiger partial charge in [-0.15, -0.1) is 0 Å². The number of hydrogen-bond acceptors (Lipinski definition) is 5. The lowest BCUT2D eigenvalue weighted by Gasteiger charge is -2.30. The predicted octanol–water partition coefficient (Wildman–Crippen LogP) is 2.06. The van der Waals surface area contributed by atoms with E-state index in [1.165, 1.54) is 0 Å². The second-order valence-corrected chi connectivity index (χ2v) is 8.54. The first-order chi connectivity index (χ1) is 11.9. The van der Waals surface area contributed by atoms with Crippen molar-refractivity contribution in [2.24, 2.45) is 11.8 Å². The van der Waals surface area contributed by atoms with Crippen molar-refractivity contribution in [1.82, 2.24) is 5.32 Å². The normalized spacial score (nSPS) is 20.5. The fraction of sp³-hybridized carbons (Fsp3) is 0.556. The number of nitrogens with zero attached hydrogens (tertiary/aromatic N) is 1. The van der Waals surface area contributed by atoms with Gasteiger partial charge in [-0.25, -0.2) is 8.42 Å². The van der Waals surface area contributed by atoms with Crippen LogP contribution in [0, 0.1) is 23.2 Å². The Balaban J connectivity index is 2.03. The molecule has 1 aromatic rings. The number of ether oxygens (including phenoxy) is 1. The maximum atomic E-state index is 12.6. The maximum Gasteiger partial charge on any atom is 0.224 e. The predicted molar refractivity (Wildman–Crippen MR) is 94.6 cm³/mol. The number of methoxy groups -OCH3 is 1. The highest BCUT2D eigenvalue weighted by atomic mass is 32.2. The van der Waals surface area contributed by atoms with Crippen LogP contribution >= 0.6 is 0 Å². The number of benzene rings is 1. The molecule has 1 fully saturated rings. The Morgan fingerprint density at radius 2 is 1.96 bits per heavy atom. The van der Waals surface area contributed by atoms with Crippen LogP contribution in [-0.4, -0.2) is 33.7 Å². The average molecular weight is 364 g/mol. The van der Waals surface area contributed by atoms with E-state index in [0.29, 0.717) is 17.7 Å². The van der Waals surface area contributed by atoms with Gasteiger partial charge in [-0.05, 0) is 36.5 Å². The van der Waals surface area contributed by atoms with E-state index in [2.05, 4.69) is 5.32 Å². The van der Waals surface area contributed by atoms with E-state index >= 15 is 0 Å². The molecule has 1 aliphatic rings. The molecule has 2 atom stereocenters. The van der Waals surface area contributed by atoms with E-state index in [4.69, 9.17) is 10.00 Å². The summed E-state index contributed by atoms with van der Waals surface area (Å²) in [6.07, 6.45) is 3.26. The van der Waals surface area contributed by atoms with Crippen LogP contribution in [-0.2, 0) is 20.4 Å². The Bertz CT molecular complexity index is 722. The Morgan fingerprint density at radius 1 is 1.28 bits per heavy atom. The number of sulfone groups is 1. The van der Waals surface area contributed by atoms with Gasteiger partial charge in [0.15, 0.2) is 9.84 Å². The molecule has 136 valence electrons. The van der Waals surface area contributed by atoms with Crippen LogP contribution in [0.15, 0.2) is 24.3 Å². The number of rotatable bonds is 7. The monoisotopic (exact) mass is 364 g/mol. The molecule has 1 aliphatic carbocycles. The van der Waals surface area contributed by atoms with Gasteiger partial charge in [-0.2, -0.15) is 5.26 Å². The van der Waals surface area contributed by atoms with E-state index in [1.54, 1.807) is 31.4 Å². The van der Waals surface area contributed by atoms with Crippen molar-refractivity contribution in [2.75, 3.05) is 19.4 Å². The van der Waals surface area contributed by atoms with E-state index < -0.39 is 9.84 Å². The highest BCUT2D eigenvalue weighted by Gasteiger charge is 2.33. The lowest BCUT2D eigenvalue weighted by Crippen LogP contribution is -2.39. The molecule has 0 aliphatic heterocycles. The largest absolute Gasteiger partial charge is 0.497 e. The molecule has 6 nitrogen and oxygen atoms in total. The van der Waals surface area contributed by atoms with Gasteiger partial charge in [0.1, 0.15) is 12.3 Å². The molecule has 0 aromatic heterocycles. The zero-order valence-corrected chi connectivity index (χ0v) is 15.2. The minimum atomic E-state index is -3.33. The van der Waals surface area contributed by atoms with Crippen molar-refractivity contribution in [3.63, 3.8) is 0 Å². The third-order valence-corrected chi connectivity index (χ3v) is 6.31. The summed E-state index contributed by atoms with van der Waals surface area (Å²) < 4.78 is 30.3. The number of nitrogens with one attached hydrogen (secondary N) is 1. The topological polar surface area (TPSA) is 96.3 Å². The highest BCUT2D eigenvalue weighted by Crippen LogP contribution is 2.32. The Hall–Kier alpha value is -2.07. The van der Waals surface area contributed by atoms with Gasteiger partial charge in [0, 0.05) is 5.92 Å². The standard InChI is InChI=1S/C18H24N2O4S/c1-24-16-8-6-14(7-9-16)12-25(22,23)13-15-4-2-3-5-17(15)18(21)20-11-10-19/h6-9,15,17H,2-5,11-13H2,1H3,(H,20,21)/t15-,17+/m1/s1. The first-order valence-corrected chi connectivity index (χ1v) is 10.3. The van der Waals surface area contributed by atoms with Crippen molar-refractivity contribution in [2.45, 2.75) is 31.4 Å². The summed E-state index contributed by atoms with van der Waals surface area (Å²) in [5, 5.41) is 11.2. The second-order valence-electron chi connectivity index (χ2n) is 6.43. The smallest absolute Gasteiger partial charge is 0.224 e. The van der Waals surface area contributed by atoms with Gasteiger partial charge in [0.25, 0.3) is 0 Å². The maximum absolute atomic E-state index is 12.6. The summed E-state index contributed by atoms with van der Waals surface area (Å²) in [5.41, 5.74) is 0.710. The highest BCUT2D eigenvalue weighted by molar-refractivity contribution is 7.90. The quantitative estimate of drug-likeness (QED) is 0.747. The summed E-state index contributed by atoms with van der Waals surface area (Å²) in [6, 6.07) is 8.85. The van der Waals surface area contributed by atoms with Gasteiger partial charge < -0.3 is 10.1 Å². The van der Waals surface area contributed by atoms with E-state index in [0.717, 1.165) is 19.3 Å². The Morgan fingerprint density at radius 3 is 2.60 bits per heavy atom. The fourth-order valence-corrected chi connectivity index (χ4v) is 5.24. The SMILES string of the molecule is COc1ccc(CS(=O)(=O)C[C@H]2CCCC[C@@H]2C(=O)NCC#N)cc1. The number of carbonyl (C=O) groups excluding carboxylic acids is 1. The summed E-state index contributed by atoms with van der Waals surface area (Å²) in [6.45, 7) is -0.0410. The molecule has 0 heterocycles.